The molecule has 13 heavy (non-hydrogen) atoms. The molecule has 1 unspecified atom stereocenters. The SMILES string of the molecule is COCCONS(=O)(=O)C(C)C#N. The number of rotatable bonds is 6. The largest absolute Gasteiger partial charge is 0.382 e. The van der Waals surface area contributed by atoms with Gasteiger partial charge < -0.3 is 4.74 Å². The Hall–Kier alpha value is -0.680. The maximum Gasteiger partial charge on any atom is 0.249 e. The van der Waals surface area contributed by atoms with E-state index in [0.717, 1.165) is 0 Å². The number of nitriles is 1. The van der Waals surface area contributed by atoms with Crippen molar-refractivity contribution in [1.29, 1.82) is 5.26 Å². The lowest BCUT2D eigenvalue weighted by Crippen LogP contribution is -2.32. The van der Waals surface area contributed by atoms with Gasteiger partial charge in [-0.25, -0.2) is 8.42 Å². The molecule has 1 atom stereocenters. The molecular formula is C6H12N2O4S. The van der Waals surface area contributed by atoms with E-state index < -0.39 is 15.3 Å². The first-order valence-electron chi connectivity index (χ1n) is 3.55. The summed E-state index contributed by atoms with van der Waals surface area (Å²) in [5.74, 6) is 0. The molecule has 1 N–H and O–H groups in total. The van der Waals surface area contributed by atoms with Crippen LogP contribution in [-0.4, -0.2) is 34.0 Å². The second-order valence-electron chi connectivity index (χ2n) is 2.24. The van der Waals surface area contributed by atoms with Gasteiger partial charge in [0.1, 0.15) is 0 Å². The Kier molecular flexibility index (Phi) is 5.57. The second kappa shape index (κ2) is 5.88. The van der Waals surface area contributed by atoms with E-state index in [0.29, 0.717) is 0 Å². The van der Waals surface area contributed by atoms with Crippen LogP contribution >= 0.6 is 0 Å². The van der Waals surface area contributed by atoms with Crippen molar-refractivity contribution in [2.24, 2.45) is 0 Å². The maximum atomic E-state index is 11.0. The van der Waals surface area contributed by atoms with Crippen LogP contribution < -0.4 is 4.89 Å². The van der Waals surface area contributed by atoms with Crippen LogP contribution in [0.3, 0.4) is 0 Å². The van der Waals surface area contributed by atoms with E-state index in [1.54, 1.807) is 6.07 Å². The highest BCUT2D eigenvalue weighted by Crippen LogP contribution is 1.95. The van der Waals surface area contributed by atoms with Gasteiger partial charge in [0.15, 0.2) is 5.25 Å². The molecule has 0 saturated carbocycles. The lowest BCUT2D eigenvalue weighted by molar-refractivity contribution is 0.0437. The van der Waals surface area contributed by atoms with Crippen molar-refractivity contribution in [1.82, 2.24) is 4.89 Å². The molecule has 0 heterocycles. The average Bonchev–Trinajstić information content (AvgIpc) is 2.11. The third-order valence-corrected chi connectivity index (χ3v) is 2.60. The Balaban J connectivity index is 3.86. The number of hydrogen-bond acceptors (Lipinski definition) is 5. The number of methoxy groups -OCH3 is 1. The van der Waals surface area contributed by atoms with Gasteiger partial charge in [-0.15, -0.1) is 0 Å². The quantitative estimate of drug-likeness (QED) is 0.465. The van der Waals surface area contributed by atoms with Gasteiger partial charge in [-0.2, -0.15) is 5.26 Å². The predicted molar refractivity (Wildman–Crippen MR) is 45.0 cm³/mol. The van der Waals surface area contributed by atoms with Crippen molar-refractivity contribution in [3.05, 3.63) is 0 Å². The molecule has 0 aromatic rings. The van der Waals surface area contributed by atoms with E-state index in [-0.39, 0.29) is 13.2 Å². The first-order chi connectivity index (χ1) is 6.04. The Morgan fingerprint density at radius 3 is 2.62 bits per heavy atom. The molecule has 0 aromatic heterocycles. The van der Waals surface area contributed by atoms with Crippen molar-refractivity contribution >= 4 is 10.0 Å². The van der Waals surface area contributed by atoms with Crippen LogP contribution in [0.25, 0.3) is 0 Å². The molecule has 0 amide bonds. The summed E-state index contributed by atoms with van der Waals surface area (Å²) in [7, 11) is -2.21. The van der Waals surface area contributed by atoms with E-state index >= 15 is 0 Å². The fourth-order valence-corrected chi connectivity index (χ4v) is 0.921. The van der Waals surface area contributed by atoms with Crippen molar-refractivity contribution in [3.8, 4) is 6.07 Å². The number of nitrogens with one attached hydrogen (secondary N) is 1. The maximum absolute atomic E-state index is 11.0. The number of nitrogens with zero attached hydrogens (tertiary/aromatic N) is 1. The lowest BCUT2D eigenvalue weighted by Gasteiger charge is -2.07. The Morgan fingerprint density at radius 2 is 2.15 bits per heavy atom. The summed E-state index contributed by atoms with van der Waals surface area (Å²) in [6, 6.07) is 1.58. The van der Waals surface area contributed by atoms with Crippen LogP contribution in [0.2, 0.25) is 0 Å². The minimum absolute atomic E-state index is 0.105. The molecular weight excluding hydrogens is 196 g/mol. The third kappa shape index (κ3) is 4.80. The molecule has 0 rings (SSSR count). The molecule has 0 radical (unpaired) electrons. The zero-order chi connectivity index (χ0) is 10.3. The summed E-state index contributed by atoms with van der Waals surface area (Å²) in [4.78, 5) is 6.36. The van der Waals surface area contributed by atoms with Crippen molar-refractivity contribution in [3.63, 3.8) is 0 Å². The van der Waals surface area contributed by atoms with Crippen molar-refractivity contribution in [2.75, 3.05) is 20.3 Å². The van der Waals surface area contributed by atoms with Crippen LogP contribution in [0.5, 0.6) is 0 Å². The smallest absolute Gasteiger partial charge is 0.249 e. The molecule has 0 spiro atoms. The topological polar surface area (TPSA) is 88.4 Å². The zero-order valence-electron chi connectivity index (χ0n) is 7.48. The normalized spacial score (nSPS) is 13.6. The van der Waals surface area contributed by atoms with Gasteiger partial charge in [-0.3, -0.25) is 4.84 Å². The Bertz CT molecular complexity index is 269. The molecule has 6 nitrogen and oxygen atoms in total. The van der Waals surface area contributed by atoms with E-state index in [1.807, 2.05) is 4.89 Å². The summed E-state index contributed by atoms with van der Waals surface area (Å²) in [6.45, 7) is 1.65. The van der Waals surface area contributed by atoms with Gasteiger partial charge in [0.2, 0.25) is 10.0 Å². The molecule has 0 fully saturated rings. The van der Waals surface area contributed by atoms with Crippen LogP contribution in [0, 0.1) is 11.3 Å². The number of sulfonamides is 1. The highest BCUT2D eigenvalue weighted by molar-refractivity contribution is 7.90. The molecule has 0 aliphatic heterocycles. The van der Waals surface area contributed by atoms with Crippen molar-refractivity contribution in [2.45, 2.75) is 12.2 Å². The average molecular weight is 208 g/mol. The molecule has 0 aliphatic carbocycles. The predicted octanol–water partition coefficient (Wildman–Crippen LogP) is -0.604. The first-order valence-corrected chi connectivity index (χ1v) is 5.10. The molecule has 0 aromatic carbocycles. The van der Waals surface area contributed by atoms with E-state index in [1.165, 1.54) is 14.0 Å². The van der Waals surface area contributed by atoms with E-state index in [9.17, 15) is 8.42 Å². The highest BCUT2D eigenvalue weighted by Gasteiger charge is 2.19. The fourth-order valence-electron chi connectivity index (χ4n) is 0.390. The summed E-state index contributed by atoms with van der Waals surface area (Å²) < 4.78 is 26.7. The molecule has 0 bridgehead atoms. The summed E-state index contributed by atoms with van der Waals surface area (Å²) >= 11 is 0. The van der Waals surface area contributed by atoms with E-state index in [2.05, 4.69) is 9.57 Å². The first kappa shape index (κ1) is 12.3. The fraction of sp³-hybridized carbons (Fsp3) is 0.833. The van der Waals surface area contributed by atoms with Crippen LogP contribution in [0.15, 0.2) is 0 Å². The Morgan fingerprint density at radius 1 is 1.54 bits per heavy atom. The van der Waals surface area contributed by atoms with Gasteiger partial charge in [0.25, 0.3) is 0 Å². The van der Waals surface area contributed by atoms with Gasteiger partial charge in [-0.05, 0) is 6.92 Å². The van der Waals surface area contributed by atoms with Gasteiger partial charge in [0.05, 0.1) is 19.3 Å². The number of hydrogen-bond donors (Lipinski definition) is 1. The van der Waals surface area contributed by atoms with Crippen LogP contribution in [0.1, 0.15) is 6.92 Å². The van der Waals surface area contributed by atoms with Gasteiger partial charge in [-0.1, -0.05) is 4.89 Å². The molecule has 76 valence electrons. The van der Waals surface area contributed by atoms with E-state index in [4.69, 9.17) is 5.26 Å². The minimum Gasteiger partial charge on any atom is -0.382 e. The Labute approximate surface area is 77.4 Å². The van der Waals surface area contributed by atoms with Crippen LogP contribution in [-0.2, 0) is 19.6 Å². The summed E-state index contributed by atoms with van der Waals surface area (Å²) in [6.07, 6.45) is 0. The van der Waals surface area contributed by atoms with Gasteiger partial charge >= 0.3 is 0 Å². The van der Waals surface area contributed by atoms with Gasteiger partial charge in [0, 0.05) is 7.11 Å². The highest BCUT2D eigenvalue weighted by atomic mass is 32.2. The molecule has 0 aliphatic rings. The second-order valence-corrected chi connectivity index (χ2v) is 4.20. The monoisotopic (exact) mass is 208 g/mol. The van der Waals surface area contributed by atoms with Crippen LogP contribution in [0.4, 0.5) is 0 Å². The summed E-state index contributed by atoms with van der Waals surface area (Å²) in [5.41, 5.74) is 0. The lowest BCUT2D eigenvalue weighted by atomic mass is 10.5. The summed E-state index contributed by atoms with van der Waals surface area (Å²) in [5, 5.41) is 7.19. The standard InChI is InChI=1S/C6H12N2O4S/c1-6(5-7)13(9,10)8-12-4-3-11-2/h6,8H,3-4H2,1-2H3. The van der Waals surface area contributed by atoms with Crippen molar-refractivity contribution < 1.29 is 18.0 Å². The number of ether oxygens (including phenoxy) is 1. The zero-order valence-corrected chi connectivity index (χ0v) is 8.30. The molecule has 0 saturated heterocycles. The minimum atomic E-state index is -3.68. The molecule has 7 heteroatoms. The third-order valence-electron chi connectivity index (χ3n) is 1.21.